The Morgan fingerprint density at radius 1 is 1.28 bits per heavy atom. The molecule has 4 nitrogen and oxygen atoms in total. The van der Waals surface area contributed by atoms with Crippen molar-refractivity contribution in [2.45, 2.75) is 18.7 Å². The summed E-state index contributed by atoms with van der Waals surface area (Å²) in [6.07, 6.45) is 1.21. The van der Waals surface area contributed by atoms with E-state index in [1.807, 2.05) is 24.3 Å². The van der Waals surface area contributed by atoms with Crippen molar-refractivity contribution in [3.05, 3.63) is 35.9 Å². The number of hydrogen-bond donors (Lipinski definition) is 2. The van der Waals surface area contributed by atoms with E-state index in [0.717, 1.165) is 16.2 Å². The quantitative estimate of drug-likeness (QED) is 0.634. The number of hydrogen-bond acceptors (Lipinski definition) is 3. The Labute approximate surface area is 110 Å². The topological polar surface area (TPSA) is 66.4 Å². The van der Waals surface area contributed by atoms with Crippen molar-refractivity contribution in [2.24, 2.45) is 0 Å². The molecule has 5 heteroatoms. The van der Waals surface area contributed by atoms with Gasteiger partial charge in [-0.3, -0.25) is 4.79 Å². The molecule has 0 atom stereocenters. The highest BCUT2D eigenvalue weighted by Crippen LogP contribution is 2.22. The number of thioether (sulfide) groups is 1. The van der Waals surface area contributed by atoms with Crippen LogP contribution in [0, 0.1) is 0 Å². The van der Waals surface area contributed by atoms with Crippen LogP contribution < -0.4 is 5.32 Å². The number of benzene rings is 1. The van der Waals surface area contributed by atoms with E-state index >= 15 is 0 Å². The van der Waals surface area contributed by atoms with Gasteiger partial charge in [-0.25, -0.2) is 4.79 Å². The molecule has 1 amide bonds. The Kier molecular flexibility index (Phi) is 5.45. The Morgan fingerprint density at radius 2 is 1.89 bits per heavy atom. The van der Waals surface area contributed by atoms with Crippen molar-refractivity contribution in [3.63, 3.8) is 0 Å². The smallest absolute Gasteiger partial charge is 0.328 e. The summed E-state index contributed by atoms with van der Waals surface area (Å²) >= 11 is 1.55. The molecule has 0 unspecified atom stereocenters. The van der Waals surface area contributed by atoms with Gasteiger partial charge in [0.25, 0.3) is 0 Å². The minimum atomic E-state index is -0.922. The summed E-state index contributed by atoms with van der Waals surface area (Å²) < 4.78 is 0. The van der Waals surface area contributed by atoms with Crippen LogP contribution in [0.25, 0.3) is 0 Å². The standard InChI is InChI=1S/C13H15NO3S/c1-9(7-13(16)17)8-18-12-5-3-11(4-6-12)14-10(2)15/h3-7H,8H2,1-2H3,(H,14,15)(H,16,17). The number of carbonyl (C=O) groups excluding carboxylic acids is 1. The first kappa shape index (κ1) is 14.3. The third-order valence-corrected chi connectivity index (χ3v) is 3.22. The van der Waals surface area contributed by atoms with E-state index in [9.17, 15) is 9.59 Å². The van der Waals surface area contributed by atoms with Gasteiger partial charge in [0.15, 0.2) is 0 Å². The van der Waals surface area contributed by atoms with Gasteiger partial charge in [-0.1, -0.05) is 5.57 Å². The first-order valence-electron chi connectivity index (χ1n) is 5.38. The fourth-order valence-corrected chi connectivity index (χ4v) is 2.09. The number of anilines is 1. The monoisotopic (exact) mass is 265 g/mol. The molecular formula is C13H15NO3S. The maximum absolute atomic E-state index is 10.8. The van der Waals surface area contributed by atoms with Crippen LogP contribution in [0.2, 0.25) is 0 Å². The van der Waals surface area contributed by atoms with Gasteiger partial charge >= 0.3 is 5.97 Å². The molecule has 0 saturated carbocycles. The van der Waals surface area contributed by atoms with Crippen molar-refractivity contribution in [1.29, 1.82) is 0 Å². The first-order chi connectivity index (χ1) is 8.47. The third kappa shape index (κ3) is 5.54. The molecule has 0 aliphatic heterocycles. The van der Waals surface area contributed by atoms with Crippen LogP contribution in [0.5, 0.6) is 0 Å². The molecule has 0 radical (unpaired) electrons. The molecule has 0 aliphatic carbocycles. The SMILES string of the molecule is CC(=O)Nc1ccc(SCC(C)=CC(=O)O)cc1. The van der Waals surface area contributed by atoms with Crippen molar-refractivity contribution in [1.82, 2.24) is 0 Å². The van der Waals surface area contributed by atoms with Crippen molar-refractivity contribution >= 4 is 29.3 Å². The van der Waals surface area contributed by atoms with Crippen LogP contribution in [0.3, 0.4) is 0 Å². The fraction of sp³-hybridized carbons (Fsp3) is 0.231. The van der Waals surface area contributed by atoms with Gasteiger partial charge in [0, 0.05) is 29.3 Å². The van der Waals surface area contributed by atoms with Crippen LogP contribution in [0.4, 0.5) is 5.69 Å². The Balaban J connectivity index is 2.54. The molecule has 1 rings (SSSR count). The van der Waals surface area contributed by atoms with Crippen LogP contribution in [-0.2, 0) is 9.59 Å². The van der Waals surface area contributed by atoms with Gasteiger partial charge in [-0.15, -0.1) is 11.8 Å². The van der Waals surface area contributed by atoms with Crippen molar-refractivity contribution in [2.75, 3.05) is 11.1 Å². The van der Waals surface area contributed by atoms with E-state index in [1.54, 1.807) is 18.7 Å². The largest absolute Gasteiger partial charge is 0.478 e. The summed E-state index contributed by atoms with van der Waals surface area (Å²) in [6.45, 7) is 3.25. The third-order valence-electron chi connectivity index (χ3n) is 2.01. The highest BCUT2D eigenvalue weighted by molar-refractivity contribution is 7.99. The Morgan fingerprint density at radius 3 is 2.39 bits per heavy atom. The van der Waals surface area contributed by atoms with E-state index in [1.165, 1.54) is 13.0 Å². The van der Waals surface area contributed by atoms with Crippen LogP contribution in [0.1, 0.15) is 13.8 Å². The predicted molar refractivity (Wildman–Crippen MR) is 72.9 cm³/mol. The normalized spacial score (nSPS) is 11.1. The van der Waals surface area contributed by atoms with Crippen molar-refractivity contribution in [3.8, 4) is 0 Å². The van der Waals surface area contributed by atoms with Gasteiger partial charge in [-0.2, -0.15) is 0 Å². The van der Waals surface area contributed by atoms with Gasteiger partial charge in [0.1, 0.15) is 0 Å². The Hall–Kier alpha value is -1.75. The lowest BCUT2D eigenvalue weighted by molar-refractivity contribution is -0.131. The molecular weight excluding hydrogens is 250 g/mol. The number of nitrogens with one attached hydrogen (secondary N) is 1. The molecule has 96 valence electrons. The average molecular weight is 265 g/mol. The van der Waals surface area contributed by atoms with Gasteiger partial charge in [-0.05, 0) is 31.2 Å². The number of amides is 1. The molecule has 1 aromatic carbocycles. The fourth-order valence-electron chi connectivity index (χ4n) is 1.29. The van der Waals surface area contributed by atoms with E-state index in [2.05, 4.69) is 5.32 Å². The Bertz CT molecular complexity index is 466. The number of carboxylic acid groups (broad SMARTS) is 1. The summed E-state index contributed by atoms with van der Waals surface area (Å²) in [5.74, 6) is -0.393. The molecule has 0 fully saturated rings. The zero-order valence-corrected chi connectivity index (χ0v) is 11.1. The number of rotatable bonds is 5. The summed E-state index contributed by atoms with van der Waals surface area (Å²) in [5, 5.41) is 11.3. The number of aliphatic carboxylic acids is 1. The minimum absolute atomic E-state index is 0.101. The number of carbonyl (C=O) groups is 2. The van der Waals surface area contributed by atoms with Gasteiger partial charge < -0.3 is 10.4 Å². The summed E-state index contributed by atoms with van der Waals surface area (Å²) in [6, 6.07) is 7.42. The highest BCUT2D eigenvalue weighted by Gasteiger charge is 1.99. The van der Waals surface area contributed by atoms with E-state index in [-0.39, 0.29) is 5.91 Å². The lowest BCUT2D eigenvalue weighted by Crippen LogP contribution is -2.05. The minimum Gasteiger partial charge on any atom is -0.478 e. The zero-order chi connectivity index (χ0) is 13.5. The van der Waals surface area contributed by atoms with E-state index < -0.39 is 5.97 Å². The second kappa shape index (κ2) is 6.86. The molecule has 18 heavy (non-hydrogen) atoms. The average Bonchev–Trinajstić information content (AvgIpc) is 2.26. The molecule has 0 saturated heterocycles. The second-order valence-electron chi connectivity index (χ2n) is 3.82. The first-order valence-corrected chi connectivity index (χ1v) is 6.36. The van der Waals surface area contributed by atoms with Crippen LogP contribution in [0.15, 0.2) is 40.8 Å². The molecule has 2 N–H and O–H groups in total. The van der Waals surface area contributed by atoms with Crippen LogP contribution >= 0.6 is 11.8 Å². The molecule has 0 aliphatic rings. The van der Waals surface area contributed by atoms with E-state index in [4.69, 9.17) is 5.11 Å². The molecule has 0 aromatic heterocycles. The maximum Gasteiger partial charge on any atom is 0.328 e. The molecule has 0 heterocycles. The predicted octanol–water partition coefficient (Wildman–Crippen LogP) is 2.77. The summed E-state index contributed by atoms with van der Waals surface area (Å²) in [5.41, 5.74) is 1.56. The molecule has 0 bridgehead atoms. The maximum atomic E-state index is 10.8. The van der Waals surface area contributed by atoms with Crippen LogP contribution in [-0.4, -0.2) is 22.7 Å². The lowest BCUT2D eigenvalue weighted by Gasteiger charge is -2.04. The summed E-state index contributed by atoms with van der Waals surface area (Å²) in [4.78, 5) is 22.3. The summed E-state index contributed by atoms with van der Waals surface area (Å²) in [7, 11) is 0. The van der Waals surface area contributed by atoms with Gasteiger partial charge in [0.05, 0.1) is 0 Å². The highest BCUT2D eigenvalue weighted by atomic mass is 32.2. The van der Waals surface area contributed by atoms with Gasteiger partial charge in [0.2, 0.25) is 5.91 Å². The van der Waals surface area contributed by atoms with E-state index in [0.29, 0.717) is 5.75 Å². The zero-order valence-electron chi connectivity index (χ0n) is 10.3. The second-order valence-corrected chi connectivity index (χ2v) is 4.87. The number of carboxylic acids is 1. The van der Waals surface area contributed by atoms with Crippen molar-refractivity contribution < 1.29 is 14.7 Å². The molecule has 0 spiro atoms. The lowest BCUT2D eigenvalue weighted by atomic mass is 10.3. The molecule has 1 aromatic rings.